The first-order valence-corrected chi connectivity index (χ1v) is 7.63. The summed E-state index contributed by atoms with van der Waals surface area (Å²) in [5.41, 5.74) is 7.38. The minimum atomic E-state index is 0.432. The van der Waals surface area contributed by atoms with Crippen molar-refractivity contribution >= 4 is 11.3 Å². The third kappa shape index (κ3) is 3.75. The van der Waals surface area contributed by atoms with Crippen molar-refractivity contribution in [2.75, 3.05) is 26.2 Å². The molecule has 1 unspecified atom stereocenters. The first kappa shape index (κ1) is 13.9. The second kappa shape index (κ2) is 7.19. The standard InChI is InChI=1S/C13H23N3OS/c1-11(13-9-15-10-18-13)16-6-3-12(4-7-16)17-8-2-5-14/h9-12H,2-8,14H2,1H3. The van der Waals surface area contributed by atoms with Crippen LogP contribution in [0.4, 0.5) is 0 Å². The van der Waals surface area contributed by atoms with E-state index in [4.69, 9.17) is 10.5 Å². The Bertz CT molecular complexity index is 323. The number of hydrogen-bond acceptors (Lipinski definition) is 5. The molecule has 1 fully saturated rings. The van der Waals surface area contributed by atoms with Crippen LogP contribution in [0.2, 0.25) is 0 Å². The predicted molar refractivity (Wildman–Crippen MR) is 74.7 cm³/mol. The number of ether oxygens (including phenoxy) is 1. The van der Waals surface area contributed by atoms with Crippen LogP contribution in [0.3, 0.4) is 0 Å². The van der Waals surface area contributed by atoms with Crippen molar-refractivity contribution in [3.8, 4) is 0 Å². The summed E-state index contributed by atoms with van der Waals surface area (Å²) in [6, 6.07) is 0.488. The Kier molecular flexibility index (Phi) is 5.56. The normalized spacial score (nSPS) is 20.1. The maximum atomic E-state index is 5.83. The smallest absolute Gasteiger partial charge is 0.0794 e. The molecule has 0 amide bonds. The van der Waals surface area contributed by atoms with E-state index in [2.05, 4.69) is 16.8 Å². The lowest BCUT2D eigenvalue weighted by atomic mass is 10.1. The van der Waals surface area contributed by atoms with Crippen molar-refractivity contribution in [3.05, 3.63) is 16.6 Å². The summed E-state index contributed by atoms with van der Waals surface area (Å²) in [7, 11) is 0. The van der Waals surface area contributed by atoms with Gasteiger partial charge in [0.2, 0.25) is 0 Å². The fourth-order valence-electron chi connectivity index (χ4n) is 2.37. The van der Waals surface area contributed by atoms with Crippen LogP contribution in [0.25, 0.3) is 0 Å². The number of rotatable bonds is 6. The van der Waals surface area contributed by atoms with Gasteiger partial charge in [0.15, 0.2) is 0 Å². The fraction of sp³-hybridized carbons (Fsp3) is 0.769. The monoisotopic (exact) mass is 269 g/mol. The minimum Gasteiger partial charge on any atom is -0.378 e. The van der Waals surface area contributed by atoms with Gasteiger partial charge in [0, 0.05) is 36.8 Å². The average Bonchev–Trinajstić information content (AvgIpc) is 2.93. The maximum absolute atomic E-state index is 5.83. The molecule has 5 heteroatoms. The third-order valence-electron chi connectivity index (χ3n) is 3.59. The molecular formula is C13H23N3OS. The predicted octanol–water partition coefficient (Wildman–Crippen LogP) is 2.03. The van der Waals surface area contributed by atoms with Gasteiger partial charge < -0.3 is 10.5 Å². The molecule has 0 bridgehead atoms. The van der Waals surface area contributed by atoms with Crippen LogP contribution in [0, 0.1) is 0 Å². The number of nitrogens with zero attached hydrogens (tertiary/aromatic N) is 2. The highest BCUT2D eigenvalue weighted by atomic mass is 32.1. The topological polar surface area (TPSA) is 51.4 Å². The lowest BCUT2D eigenvalue weighted by Gasteiger charge is -2.35. The Labute approximate surface area is 113 Å². The van der Waals surface area contributed by atoms with Gasteiger partial charge in [0.05, 0.1) is 11.6 Å². The van der Waals surface area contributed by atoms with Gasteiger partial charge in [-0.2, -0.15) is 0 Å². The molecule has 2 rings (SSSR count). The molecule has 1 aromatic heterocycles. The number of thiazole rings is 1. The summed E-state index contributed by atoms with van der Waals surface area (Å²) in [5.74, 6) is 0. The summed E-state index contributed by atoms with van der Waals surface area (Å²) in [6.45, 7) is 6.04. The van der Waals surface area contributed by atoms with Gasteiger partial charge in [0.25, 0.3) is 0 Å². The van der Waals surface area contributed by atoms with Crippen LogP contribution in [0.1, 0.15) is 37.1 Å². The maximum Gasteiger partial charge on any atom is 0.0794 e. The molecule has 4 nitrogen and oxygen atoms in total. The van der Waals surface area contributed by atoms with Crippen molar-refractivity contribution in [2.24, 2.45) is 5.73 Å². The van der Waals surface area contributed by atoms with Gasteiger partial charge in [-0.3, -0.25) is 9.88 Å². The lowest BCUT2D eigenvalue weighted by Crippen LogP contribution is -2.38. The third-order valence-corrected chi connectivity index (χ3v) is 4.54. The summed E-state index contributed by atoms with van der Waals surface area (Å²) >= 11 is 1.74. The molecule has 0 aromatic carbocycles. The molecule has 2 N–H and O–H groups in total. The molecule has 0 radical (unpaired) electrons. The first-order chi connectivity index (χ1) is 8.81. The van der Waals surface area contributed by atoms with E-state index in [1.54, 1.807) is 11.3 Å². The van der Waals surface area contributed by atoms with Crippen LogP contribution in [0.5, 0.6) is 0 Å². The highest BCUT2D eigenvalue weighted by Crippen LogP contribution is 2.27. The van der Waals surface area contributed by atoms with E-state index in [1.165, 1.54) is 4.88 Å². The molecule has 0 saturated carbocycles. The van der Waals surface area contributed by atoms with E-state index in [0.29, 0.717) is 12.1 Å². The molecule has 1 atom stereocenters. The zero-order valence-corrected chi connectivity index (χ0v) is 11.9. The molecule has 1 aliphatic heterocycles. The number of hydrogen-bond donors (Lipinski definition) is 1. The molecule has 0 spiro atoms. The van der Waals surface area contributed by atoms with Crippen molar-refractivity contribution in [3.63, 3.8) is 0 Å². The second-order valence-corrected chi connectivity index (χ2v) is 5.75. The number of piperidine rings is 1. The zero-order valence-electron chi connectivity index (χ0n) is 11.0. The van der Waals surface area contributed by atoms with Gasteiger partial charge in [-0.15, -0.1) is 11.3 Å². The molecule has 2 heterocycles. The second-order valence-electron chi connectivity index (χ2n) is 4.83. The Morgan fingerprint density at radius 3 is 2.94 bits per heavy atom. The zero-order chi connectivity index (χ0) is 12.8. The van der Waals surface area contributed by atoms with E-state index >= 15 is 0 Å². The Morgan fingerprint density at radius 1 is 1.56 bits per heavy atom. The van der Waals surface area contributed by atoms with Crippen molar-refractivity contribution in [1.29, 1.82) is 0 Å². The molecule has 1 saturated heterocycles. The Hall–Kier alpha value is -0.490. The van der Waals surface area contributed by atoms with E-state index in [1.807, 2.05) is 11.7 Å². The van der Waals surface area contributed by atoms with Gasteiger partial charge in [-0.05, 0) is 32.7 Å². The lowest BCUT2D eigenvalue weighted by molar-refractivity contribution is -0.000449. The first-order valence-electron chi connectivity index (χ1n) is 6.75. The highest BCUT2D eigenvalue weighted by Gasteiger charge is 2.24. The minimum absolute atomic E-state index is 0.432. The van der Waals surface area contributed by atoms with E-state index < -0.39 is 0 Å². The van der Waals surface area contributed by atoms with Gasteiger partial charge >= 0.3 is 0 Å². The molecule has 0 aliphatic carbocycles. The number of likely N-dealkylation sites (tertiary alicyclic amines) is 1. The highest BCUT2D eigenvalue weighted by molar-refractivity contribution is 7.09. The number of aromatic nitrogens is 1. The van der Waals surface area contributed by atoms with Crippen LogP contribution in [-0.2, 0) is 4.74 Å². The van der Waals surface area contributed by atoms with Crippen LogP contribution >= 0.6 is 11.3 Å². The summed E-state index contributed by atoms with van der Waals surface area (Å²) in [6.07, 6.45) is 5.65. The molecule has 102 valence electrons. The summed E-state index contributed by atoms with van der Waals surface area (Å²) < 4.78 is 5.83. The van der Waals surface area contributed by atoms with Crippen LogP contribution in [-0.4, -0.2) is 42.2 Å². The average molecular weight is 269 g/mol. The SMILES string of the molecule is CC(c1cncs1)N1CCC(OCCCN)CC1. The van der Waals surface area contributed by atoms with Crippen molar-refractivity contribution in [2.45, 2.75) is 38.3 Å². The summed E-state index contributed by atoms with van der Waals surface area (Å²) in [5, 5.41) is 0. The van der Waals surface area contributed by atoms with Gasteiger partial charge in [-0.1, -0.05) is 0 Å². The molecular weight excluding hydrogens is 246 g/mol. The summed E-state index contributed by atoms with van der Waals surface area (Å²) in [4.78, 5) is 8.04. The molecule has 18 heavy (non-hydrogen) atoms. The molecule has 1 aromatic rings. The number of nitrogens with two attached hydrogens (primary N) is 1. The fourth-order valence-corrected chi connectivity index (χ4v) is 3.09. The Morgan fingerprint density at radius 2 is 2.33 bits per heavy atom. The van der Waals surface area contributed by atoms with Gasteiger partial charge in [0.1, 0.15) is 0 Å². The van der Waals surface area contributed by atoms with Crippen LogP contribution < -0.4 is 5.73 Å². The van der Waals surface area contributed by atoms with Gasteiger partial charge in [-0.25, -0.2) is 0 Å². The van der Waals surface area contributed by atoms with E-state index in [0.717, 1.165) is 45.5 Å². The quantitative estimate of drug-likeness (QED) is 0.803. The van der Waals surface area contributed by atoms with E-state index in [-0.39, 0.29) is 0 Å². The van der Waals surface area contributed by atoms with E-state index in [9.17, 15) is 0 Å². The Balaban J connectivity index is 1.73. The van der Waals surface area contributed by atoms with Crippen LogP contribution in [0.15, 0.2) is 11.7 Å². The van der Waals surface area contributed by atoms with Crippen molar-refractivity contribution < 1.29 is 4.74 Å². The van der Waals surface area contributed by atoms with Crippen molar-refractivity contribution in [1.82, 2.24) is 9.88 Å². The molecule has 1 aliphatic rings. The largest absolute Gasteiger partial charge is 0.378 e.